The number of amides is 1. The predicted octanol–water partition coefficient (Wildman–Crippen LogP) is 3.39. The number of carbonyl (C=O) groups is 1. The molecule has 0 spiro atoms. The van der Waals surface area contributed by atoms with Crippen molar-refractivity contribution in [3.8, 4) is 0 Å². The molecule has 2 bridgehead atoms. The Hall–Kier alpha value is -1.02. The molecule has 0 saturated heterocycles. The molecule has 2 fully saturated rings. The average molecular weight is 264 g/mol. The lowest BCUT2D eigenvalue weighted by Gasteiger charge is -2.20. The highest BCUT2D eigenvalue weighted by Crippen LogP contribution is 2.48. The maximum atomic E-state index is 12.1. The van der Waals surface area contributed by atoms with Crippen LogP contribution in [0.15, 0.2) is 24.3 Å². The van der Waals surface area contributed by atoms with E-state index in [1.54, 1.807) is 0 Å². The zero-order chi connectivity index (χ0) is 12.5. The standard InChI is InChI=1S/C15H18ClNO/c16-13-3-1-2-11(7-13)9-17-15(18)14-8-10-4-5-12(14)6-10/h1-3,7,10,12,14H,4-6,8-9H2,(H,17,18). The van der Waals surface area contributed by atoms with Gasteiger partial charge in [-0.05, 0) is 48.8 Å². The van der Waals surface area contributed by atoms with Crippen molar-refractivity contribution in [3.05, 3.63) is 34.9 Å². The van der Waals surface area contributed by atoms with E-state index in [1.165, 1.54) is 19.3 Å². The topological polar surface area (TPSA) is 29.1 Å². The van der Waals surface area contributed by atoms with Crippen LogP contribution >= 0.6 is 11.6 Å². The molecule has 18 heavy (non-hydrogen) atoms. The fourth-order valence-electron chi connectivity index (χ4n) is 3.53. The fraction of sp³-hybridized carbons (Fsp3) is 0.533. The molecule has 2 aliphatic carbocycles. The number of rotatable bonds is 3. The van der Waals surface area contributed by atoms with Crippen molar-refractivity contribution in [2.75, 3.05) is 0 Å². The highest BCUT2D eigenvalue weighted by molar-refractivity contribution is 6.30. The van der Waals surface area contributed by atoms with Gasteiger partial charge in [0.05, 0.1) is 0 Å². The Morgan fingerprint density at radius 1 is 1.33 bits per heavy atom. The molecule has 0 heterocycles. The van der Waals surface area contributed by atoms with E-state index >= 15 is 0 Å². The molecule has 0 radical (unpaired) electrons. The quantitative estimate of drug-likeness (QED) is 0.890. The minimum absolute atomic E-state index is 0.238. The predicted molar refractivity (Wildman–Crippen MR) is 72.2 cm³/mol. The molecule has 1 aromatic rings. The molecule has 2 aliphatic rings. The third kappa shape index (κ3) is 2.39. The van der Waals surface area contributed by atoms with Crippen LogP contribution in [0.4, 0.5) is 0 Å². The Labute approximate surface area is 113 Å². The molecular formula is C15H18ClNO. The number of benzene rings is 1. The van der Waals surface area contributed by atoms with Crippen molar-refractivity contribution in [2.45, 2.75) is 32.2 Å². The van der Waals surface area contributed by atoms with Crippen LogP contribution in [0.5, 0.6) is 0 Å². The summed E-state index contributed by atoms with van der Waals surface area (Å²) in [6.07, 6.45) is 4.96. The lowest BCUT2D eigenvalue weighted by atomic mass is 9.88. The first-order valence-electron chi connectivity index (χ1n) is 6.74. The Morgan fingerprint density at radius 3 is 2.89 bits per heavy atom. The number of hydrogen-bond donors (Lipinski definition) is 1. The highest BCUT2D eigenvalue weighted by atomic mass is 35.5. The van der Waals surface area contributed by atoms with Gasteiger partial charge in [0.2, 0.25) is 5.91 Å². The van der Waals surface area contributed by atoms with Crippen molar-refractivity contribution < 1.29 is 4.79 Å². The summed E-state index contributed by atoms with van der Waals surface area (Å²) >= 11 is 5.93. The van der Waals surface area contributed by atoms with E-state index in [0.29, 0.717) is 12.5 Å². The molecule has 0 aliphatic heterocycles. The van der Waals surface area contributed by atoms with E-state index < -0.39 is 0 Å². The van der Waals surface area contributed by atoms with Gasteiger partial charge in [0.25, 0.3) is 0 Å². The van der Waals surface area contributed by atoms with E-state index in [2.05, 4.69) is 5.32 Å². The minimum atomic E-state index is 0.238. The van der Waals surface area contributed by atoms with Gasteiger partial charge in [0.15, 0.2) is 0 Å². The third-order valence-electron chi connectivity index (χ3n) is 4.43. The lowest BCUT2D eigenvalue weighted by molar-refractivity contribution is -0.126. The average Bonchev–Trinajstić information content (AvgIpc) is 2.98. The number of fused-ring (bicyclic) bond motifs is 2. The van der Waals surface area contributed by atoms with Crippen LogP contribution < -0.4 is 5.32 Å². The van der Waals surface area contributed by atoms with E-state index in [1.807, 2.05) is 24.3 Å². The van der Waals surface area contributed by atoms with E-state index in [4.69, 9.17) is 11.6 Å². The molecule has 3 unspecified atom stereocenters. The second-order valence-electron chi connectivity index (χ2n) is 5.63. The fourth-order valence-corrected chi connectivity index (χ4v) is 3.75. The van der Waals surface area contributed by atoms with Gasteiger partial charge in [0, 0.05) is 17.5 Å². The summed E-state index contributed by atoms with van der Waals surface area (Å²) in [6, 6.07) is 7.67. The first-order chi connectivity index (χ1) is 8.72. The molecule has 1 N–H and O–H groups in total. The number of carbonyl (C=O) groups excluding carboxylic acids is 1. The van der Waals surface area contributed by atoms with Crippen LogP contribution in [0.1, 0.15) is 31.2 Å². The SMILES string of the molecule is O=C(NCc1cccc(Cl)c1)C1CC2CCC1C2. The Bertz CT molecular complexity index is 460. The maximum Gasteiger partial charge on any atom is 0.223 e. The van der Waals surface area contributed by atoms with Gasteiger partial charge in [-0.25, -0.2) is 0 Å². The first-order valence-corrected chi connectivity index (χ1v) is 7.12. The second-order valence-corrected chi connectivity index (χ2v) is 6.07. The van der Waals surface area contributed by atoms with Crippen LogP contribution in [0, 0.1) is 17.8 Å². The van der Waals surface area contributed by atoms with E-state index in [0.717, 1.165) is 22.9 Å². The van der Waals surface area contributed by atoms with Crippen molar-refractivity contribution in [1.82, 2.24) is 5.32 Å². The van der Waals surface area contributed by atoms with Gasteiger partial charge in [-0.2, -0.15) is 0 Å². The van der Waals surface area contributed by atoms with Crippen molar-refractivity contribution in [2.24, 2.45) is 17.8 Å². The van der Waals surface area contributed by atoms with Crippen molar-refractivity contribution >= 4 is 17.5 Å². The smallest absolute Gasteiger partial charge is 0.223 e. The van der Waals surface area contributed by atoms with E-state index in [-0.39, 0.29) is 11.8 Å². The molecule has 2 saturated carbocycles. The monoisotopic (exact) mass is 263 g/mol. The Balaban J connectivity index is 1.56. The summed E-state index contributed by atoms with van der Waals surface area (Å²) in [5.74, 6) is 1.97. The van der Waals surface area contributed by atoms with Crippen LogP contribution in [-0.4, -0.2) is 5.91 Å². The summed E-state index contributed by atoms with van der Waals surface area (Å²) in [5, 5.41) is 3.78. The zero-order valence-corrected chi connectivity index (χ0v) is 11.1. The van der Waals surface area contributed by atoms with Gasteiger partial charge in [0.1, 0.15) is 0 Å². The second kappa shape index (κ2) is 4.93. The summed E-state index contributed by atoms with van der Waals surface area (Å²) in [5.41, 5.74) is 1.07. The molecule has 2 nitrogen and oxygen atoms in total. The van der Waals surface area contributed by atoms with Crippen molar-refractivity contribution in [1.29, 1.82) is 0 Å². The highest BCUT2D eigenvalue weighted by Gasteiger charge is 2.42. The Kier molecular flexibility index (Phi) is 3.29. The summed E-state index contributed by atoms with van der Waals surface area (Å²) < 4.78 is 0. The summed E-state index contributed by atoms with van der Waals surface area (Å²) in [7, 11) is 0. The molecule has 3 heteroatoms. The normalized spacial score (nSPS) is 29.5. The van der Waals surface area contributed by atoms with Crippen LogP contribution in [-0.2, 0) is 11.3 Å². The van der Waals surface area contributed by atoms with Gasteiger partial charge < -0.3 is 5.32 Å². The van der Waals surface area contributed by atoms with Crippen molar-refractivity contribution in [3.63, 3.8) is 0 Å². The summed E-state index contributed by atoms with van der Waals surface area (Å²) in [4.78, 5) is 12.1. The van der Waals surface area contributed by atoms with Gasteiger partial charge in [-0.3, -0.25) is 4.79 Å². The molecule has 3 rings (SSSR count). The minimum Gasteiger partial charge on any atom is -0.352 e. The maximum absolute atomic E-state index is 12.1. The van der Waals surface area contributed by atoms with Crippen LogP contribution in [0.3, 0.4) is 0 Å². The van der Waals surface area contributed by atoms with E-state index in [9.17, 15) is 4.79 Å². The molecule has 3 atom stereocenters. The summed E-state index contributed by atoms with van der Waals surface area (Å²) in [6.45, 7) is 0.591. The molecule has 1 aromatic carbocycles. The molecular weight excluding hydrogens is 246 g/mol. The number of nitrogens with one attached hydrogen (secondary N) is 1. The number of halogens is 1. The Morgan fingerprint density at radius 2 is 2.22 bits per heavy atom. The van der Waals surface area contributed by atoms with Crippen LogP contribution in [0.2, 0.25) is 5.02 Å². The molecule has 0 aromatic heterocycles. The lowest BCUT2D eigenvalue weighted by Crippen LogP contribution is -2.33. The van der Waals surface area contributed by atoms with Gasteiger partial charge in [-0.15, -0.1) is 0 Å². The van der Waals surface area contributed by atoms with Crippen LogP contribution in [0.25, 0.3) is 0 Å². The van der Waals surface area contributed by atoms with Gasteiger partial charge >= 0.3 is 0 Å². The van der Waals surface area contributed by atoms with Gasteiger partial charge in [-0.1, -0.05) is 30.2 Å². The zero-order valence-electron chi connectivity index (χ0n) is 10.4. The third-order valence-corrected chi connectivity index (χ3v) is 4.67. The molecule has 1 amide bonds. The molecule has 96 valence electrons. The first kappa shape index (κ1) is 12.0. The number of hydrogen-bond acceptors (Lipinski definition) is 1. The largest absolute Gasteiger partial charge is 0.352 e.